The van der Waals surface area contributed by atoms with Crippen LogP contribution in [0, 0.1) is 0 Å². The molecule has 5 heteroatoms. The first kappa shape index (κ1) is 19.4. The van der Waals surface area contributed by atoms with E-state index in [0.717, 1.165) is 16.6 Å². The van der Waals surface area contributed by atoms with Crippen LogP contribution in [-0.4, -0.2) is 18.3 Å². The lowest BCUT2D eigenvalue weighted by Crippen LogP contribution is -2.41. The van der Waals surface area contributed by atoms with Gasteiger partial charge in [0.05, 0.1) is 11.2 Å². The van der Waals surface area contributed by atoms with Gasteiger partial charge in [-0.15, -0.1) is 0 Å². The first-order chi connectivity index (χ1) is 11.5. The van der Waals surface area contributed by atoms with Crippen LogP contribution >= 0.6 is 0 Å². The second kappa shape index (κ2) is 6.73. The van der Waals surface area contributed by atoms with E-state index in [9.17, 15) is 0 Å². The Balaban J connectivity index is 2.46. The molecule has 0 spiro atoms. The quantitative estimate of drug-likeness (QED) is 0.381. The Hall–Kier alpha value is -1.98. The summed E-state index contributed by atoms with van der Waals surface area (Å²) in [5.41, 5.74) is 8.22. The fraction of sp³-hybridized carbons (Fsp3) is 0.400. The number of ether oxygens (including phenoxy) is 1. The zero-order chi connectivity index (χ0) is 19.0. The average Bonchev–Trinajstić information content (AvgIpc) is 2.73. The molecule has 0 saturated carbocycles. The number of hydrogen-bond acceptors (Lipinski definition) is 4. The highest BCUT2D eigenvalue weighted by molar-refractivity contribution is 6.63. The second-order valence-corrected chi connectivity index (χ2v) is 7.48. The maximum Gasteiger partial charge on any atom is 0.498 e. The third-order valence-electron chi connectivity index (χ3n) is 4.81. The summed E-state index contributed by atoms with van der Waals surface area (Å²) in [6.45, 7) is 19.7. The molecule has 0 atom stereocenters. The summed E-state index contributed by atoms with van der Waals surface area (Å²) in [7, 11) is -0.557. The Kier molecular flexibility index (Phi) is 5.21. The van der Waals surface area contributed by atoms with Gasteiger partial charge in [-0.3, -0.25) is 0 Å². The van der Waals surface area contributed by atoms with Crippen molar-refractivity contribution >= 4 is 18.3 Å². The van der Waals surface area contributed by atoms with Crippen LogP contribution in [-0.2, 0) is 9.31 Å². The van der Waals surface area contributed by atoms with Gasteiger partial charge in [0.25, 0.3) is 0 Å². The Bertz CT molecular complexity index is 718. The molecule has 0 bridgehead atoms. The van der Waals surface area contributed by atoms with Gasteiger partial charge in [-0.2, -0.15) is 0 Å². The molecular weight excluding hydrogens is 313 g/mol. The van der Waals surface area contributed by atoms with Gasteiger partial charge in [0.2, 0.25) is 0 Å². The molecule has 0 radical (unpaired) electrons. The normalized spacial score (nSPS) is 19.4. The van der Waals surface area contributed by atoms with Crippen molar-refractivity contribution in [2.45, 2.75) is 52.7 Å². The van der Waals surface area contributed by atoms with Crippen LogP contribution in [0.15, 0.2) is 54.3 Å². The third kappa shape index (κ3) is 3.83. The molecule has 25 heavy (non-hydrogen) atoms. The molecule has 1 saturated heterocycles. The Morgan fingerprint density at radius 3 is 2.20 bits per heavy atom. The Labute approximate surface area is 151 Å². The maximum atomic E-state index is 6.16. The molecule has 2 rings (SSSR count). The molecule has 0 unspecified atom stereocenters. The van der Waals surface area contributed by atoms with E-state index in [4.69, 9.17) is 19.8 Å². The number of anilines is 1. The van der Waals surface area contributed by atoms with Gasteiger partial charge in [-0.25, -0.2) is 0 Å². The summed E-state index contributed by atoms with van der Waals surface area (Å²) in [5.74, 6) is 1.31. The van der Waals surface area contributed by atoms with E-state index in [1.807, 2.05) is 53.7 Å². The lowest BCUT2D eigenvalue weighted by Gasteiger charge is -2.32. The summed E-state index contributed by atoms with van der Waals surface area (Å²) in [5, 5.41) is 0. The van der Waals surface area contributed by atoms with Crippen LogP contribution in [0.4, 0.5) is 5.69 Å². The van der Waals surface area contributed by atoms with E-state index in [1.165, 1.54) is 0 Å². The fourth-order valence-corrected chi connectivity index (χ4v) is 2.52. The monoisotopic (exact) mass is 341 g/mol. The molecule has 1 aliphatic heterocycles. The first-order valence-electron chi connectivity index (χ1n) is 8.40. The van der Waals surface area contributed by atoms with E-state index in [0.29, 0.717) is 17.2 Å². The van der Waals surface area contributed by atoms with E-state index >= 15 is 0 Å². The Morgan fingerprint density at radius 1 is 1.16 bits per heavy atom. The zero-order valence-corrected chi connectivity index (χ0v) is 16.1. The smallest absolute Gasteiger partial charge is 0.457 e. The molecule has 0 aliphatic carbocycles. The maximum absolute atomic E-state index is 6.16. The van der Waals surface area contributed by atoms with Crippen LogP contribution < -0.4 is 15.9 Å². The molecular formula is C20H28BNO3. The van der Waals surface area contributed by atoms with Gasteiger partial charge in [-0.05, 0) is 70.9 Å². The van der Waals surface area contributed by atoms with E-state index in [1.54, 1.807) is 12.1 Å². The minimum Gasteiger partial charge on any atom is -0.457 e. The predicted molar refractivity (Wildman–Crippen MR) is 105 cm³/mol. The number of nitrogens with two attached hydrogens (primary N) is 1. The van der Waals surface area contributed by atoms with E-state index in [-0.39, 0.29) is 0 Å². The molecule has 134 valence electrons. The van der Waals surface area contributed by atoms with Crippen LogP contribution in [0.5, 0.6) is 5.75 Å². The third-order valence-corrected chi connectivity index (χ3v) is 4.81. The van der Waals surface area contributed by atoms with Gasteiger partial charge in [0.15, 0.2) is 0 Å². The molecule has 0 aromatic heterocycles. The molecule has 4 nitrogen and oxygen atoms in total. The zero-order valence-electron chi connectivity index (χ0n) is 16.1. The van der Waals surface area contributed by atoms with Crippen molar-refractivity contribution in [1.29, 1.82) is 0 Å². The van der Waals surface area contributed by atoms with Crippen molar-refractivity contribution in [2.24, 2.45) is 0 Å². The Morgan fingerprint density at radius 2 is 1.72 bits per heavy atom. The van der Waals surface area contributed by atoms with Gasteiger partial charge >= 0.3 is 7.12 Å². The number of rotatable bonds is 5. The number of allylic oxidation sites excluding steroid dienone is 3. The number of nitrogen functional groups attached to an aromatic ring is 1. The molecule has 2 N–H and O–H groups in total. The minimum atomic E-state index is -0.557. The van der Waals surface area contributed by atoms with E-state index in [2.05, 4.69) is 13.2 Å². The second-order valence-electron chi connectivity index (χ2n) is 7.48. The number of hydrogen-bond donors (Lipinski definition) is 1. The van der Waals surface area contributed by atoms with Crippen LogP contribution in [0.2, 0.25) is 0 Å². The van der Waals surface area contributed by atoms with Gasteiger partial charge in [-0.1, -0.05) is 19.2 Å². The van der Waals surface area contributed by atoms with Crippen molar-refractivity contribution in [3.63, 3.8) is 0 Å². The molecule has 1 fully saturated rings. The average molecular weight is 341 g/mol. The van der Waals surface area contributed by atoms with Gasteiger partial charge < -0.3 is 19.8 Å². The van der Waals surface area contributed by atoms with Gasteiger partial charge in [0, 0.05) is 11.2 Å². The fourth-order valence-electron chi connectivity index (χ4n) is 2.52. The first-order valence-corrected chi connectivity index (χ1v) is 8.40. The highest BCUT2D eigenvalue weighted by Gasteiger charge is 2.52. The lowest BCUT2D eigenvalue weighted by atomic mass is 9.78. The summed E-state index contributed by atoms with van der Waals surface area (Å²) in [6, 6.07) is 5.45. The highest BCUT2D eigenvalue weighted by Crippen LogP contribution is 2.37. The van der Waals surface area contributed by atoms with E-state index < -0.39 is 18.3 Å². The van der Waals surface area contributed by atoms with Gasteiger partial charge in [0.1, 0.15) is 11.5 Å². The molecule has 1 aromatic rings. The predicted octanol–water partition coefficient (Wildman–Crippen LogP) is 3.98. The summed E-state index contributed by atoms with van der Waals surface area (Å²) in [6.07, 6.45) is 1.75. The number of benzene rings is 1. The van der Waals surface area contributed by atoms with Crippen molar-refractivity contribution in [3.05, 3.63) is 54.3 Å². The summed E-state index contributed by atoms with van der Waals surface area (Å²) >= 11 is 0. The van der Waals surface area contributed by atoms with Crippen molar-refractivity contribution in [2.75, 3.05) is 5.73 Å². The summed E-state index contributed by atoms with van der Waals surface area (Å²) < 4.78 is 18.5. The topological polar surface area (TPSA) is 53.7 Å². The SMILES string of the molecule is C=C/C(C)=C(/Oc1ccc(N)cc1B1OC(C)(C)C(C)(C)O1)C(=C)C. The van der Waals surface area contributed by atoms with Crippen molar-refractivity contribution in [1.82, 2.24) is 0 Å². The summed E-state index contributed by atoms with van der Waals surface area (Å²) in [4.78, 5) is 0. The van der Waals surface area contributed by atoms with Crippen molar-refractivity contribution in [3.8, 4) is 5.75 Å². The van der Waals surface area contributed by atoms with Crippen molar-refractivity contribution < 1.29 is 14.0 Å². The molecule has 1 heterocycles. The van der Waals surface area contributed by atoms with Crippen LogP contribution in [0.3, 0.4) is 0 Å². The largest absolute Gasteiger partial charge is 0.498 e. The molecule has 1 aliphatic rings. The highest BCUT2D eigenvalue weighted by atomic mass is 16.7. The minimum absolute atomic E-state index is 0.441. The molecule has 0 amide bonds. The standard InChI is InChI=1S/C20H28BNO3/c1-9-14(4)18(13(2)3)23-17-11-10-15(22)12-16(17)21-24-19(5,6)20(7,8)25-21/h9-12H,1-2,22H2,3-8H3/b18-14+. The molecule has 1 aromatic carbocycles. The van der Waals surface area contributed by atoms with Crippen LogP contribution in [0.25, 0.3) is 0 Å². The lowest BCUT2D eigenvalue weighted by molar-refractivity contribution is 0.00578. The van der Waals surface area contributed by atoms with Crippen LogP contribution in [0.1, 0.15) is 41.5 Å².